The van der Waals surface area contributed by atoms with Crippen LogP contribution in [-0.4, -0.2) is 31.0 Å². The molecular formula is C14H18FNO3S. The van der Waals surface area contributed by atoms with Crippen LogP contribution in [0.2, 0.25) is 0 Å². The fourth-order valence-electron chi connectivity index (χ4n) is 2.31. The summed E-state index contributed by atoms with van der Waals surface area (Å²) in [7, 11) is -4.64. The van der Waals surface area contributed by atoms with Crippen LogP contribution in [0.5, 0.6) is 0 Å². The first kappa shape index (κ1) is 15.0. The van der Waals surface area contributed by atoms with Crippen molar-refractivity contribution in [2.45, 2.75) is 38.0 Å². The summed E-state index contributed by atoms with van der Waals surface area (Å²) in [5.41, 5.74) is 2.12. The largest absolute Gasteiger partial charge is 0.337 e. The second-order valence-corrected chi connectivity index (χ2v) is 7.09. The summed E-state index contributed by atoms with van der Waals surface area (Å²) in [6.07, 6.45) is -0.261. The number of amides is 1. The lowest BCUT2D eigenvalue weighted by Gasteiger charge is -2.16. The highest BCUT2D eigenvalue weighted by Crippen LogP contribution is 2.22. The Morgan fingerprint density at radius 3 is 2.35 bits per heavy atom. The minimum absolute atomic E-state index is 0.0659. The molecule has 1 fully saturated rings. The molecule has 0 aliphatic carbocycles. The van der Waals surface area contributed by atoms with Crippen molar-refractivity contribution in [3.8, 4) is 0 Å². The minimum Gasteiger partial charge on any atom is -0.337 e. The number of hydrogen-bond acceptors (Lipinski definition) is 3. The van der Waals surface area contributed by atoms with E-state index in [-0.39, 0.29) is 18.9 Å². The van der Waals surface area contributed by atoms with Crippen LogP contribution in [-0.2, 0) is 21.6 Å². The molecule has 1 saturated heterocycles. The van der Waals surface area contributed by atoms with Gasteiger partial charge in [0.05, 0.1) is 0 Å². The number of carbonyl (C=O) groups is 1. The van der Waals surface area contributed by atoms with Gasteiger partial charge in [-0.1, -0.05) is 38.1 Å². The molecule has 1 atom stereocenters. The zero-order valence-electron chi connectivity index (χ0n) is 11.5. The lowest BCUT2D eigenvalue weighted by Crippen LogP contribution is -2.26. The molecule has 6 heteroatoms. The maximum atomic E-state index is 12.9. The summed E-state index contributed by atoms with van der Waals surface area (Å²) in [5, 5.41) is -1.22. The maximum absolute atomic E-state index is 12.9. The Morgan fingerprint density at radius 2 is 1.90 bits per heavy atom. The second kappa shape index (κ2) is 5.52. The molecule has 1 unspecified atom stereocenters. The van der Waals surface area contributed by atoms with Crippen molar-refractivity contribution in [2.75, 3.05) is 6.54 Å². The van der Waals surface area contributed by atoms with Gasteiger partial charge in [-0.25, -0.2) is 0 Å². The molecule has 1 aliphatic heterocycles. The van der Waals surface area contributed by atoms with Gasteiger partial charge < -0.3 is 4.90 Å². The summed E-state index contributed by atoms with van der Waals surface area (Å²) < 4.78 is 34.6. The molecule has 1 aliphatic rings. The van der Waals surface area contributed by atoms with E-state index in [1.54, 1.807) is 0 Å². The third kappa shape index (κ3) is 3.36. The lowest BCUT2D eigenvalue weighted by atomic mass is 10.0. The normalized spacial score (nSPS) is 19.9. The lowest BCUT2D eigenvalue weighted by molar-refractivity contribution is -0.128. The molecule has 1 aromatic carbocycles. The molecule has 0 saturated carbocycles. The van der Waals surface area contributed by atoms with Crippen LogP contribution in [0, 0.1) is 0 Å². The van der Waals surface area contributed by atoms with E-state index in [0.717, 1.165) is 5.56 Å². The van der Waals surface area contributed by atoms with Crippen molar-refractivity contribution in [1.29, 1.82) is 0 Å². The highest BCUT2D eigenvalue weighted by Gasteiger charge is 2.38. The van der Waals surface area contributed by atoms with Crippen molar-refractivity contribution in [3.05, 3.63) is 35.4 Å². The van der Waals surface area contributed by atoms with E-state index in [0.29, 0.717) is 12.5 Å². The molecular weight excluding hydrogens is 281 g/mol. The number of carbonyl (C=O) groups excluding carboxylic acids is 1. The van der Waals surface area contributed by atoms with E-state index in [1.165, 1.54) is 10.5 Å². The van der Waals surface area contributed by atoms with E-state index in [2.05, 4.69) is 13.8 Å². The molecule has 0 radical (unpaired) electrons. The highest BCUT2D eigenvalue weighted by molar-refractivity contribution is 7.87. The van der Waals surface area contributed by atoms with Crippen LogP contribution in [0.15, 0.2) is 24.3 Å². The summed E-state index contributed by atoms with van der Waals surface area (Å²) in [4.78, 5) is 13.1. The number of rotatable bonds is 4. The molecule has 0 bridgehead atoms. The smallest absolute Gasteiger partial charge is 0.307 e. The zero-order valence-corrected chi connectivity index (χ0v) is 12.4. The van der Waals surface area contributed by atoms with Gasteiger partial charge in [-0.15, -0.1) is 3.89 Å². The quantitative estimate of drug-likeness (QED) is 0.801. The molecule has 0 aromatic heterocycles. The first-order valence-corrected chi connectivity index (χ1v) is 8.02. The van der Waals surface area contributed by atoms with E-state index >= 15 is 0 Å². The SMILES string of the molecule is CC(C)c1ccc(CN2CC(S(=O)(=O)F)CC2=O)cc1. The standard InChI is InChI=1S/C14H18FNO3S/c1-10(2)12-5-3-11(4-6-12)8-16-9-13(7-14(16)17)20(15,18)19/h3-6,10,13H,7-9H2,1-2H3. The van der Waals surface area contributed by atoms with Gasteiger partial charge in [-0.05, 0) is 17.0 Å². The van der Waals surface area contributed by atoms with Crippen LogP contribution in [0.3, 0.4) is 0 Å². The fraction of sp³-hybridized carbons (Fsp3) is 0.500. The predicted octanol–water partition coefficient (Wildman–Crippen LogP) is 2.21. The third-order valence-corrected chi connectivity index (χ3v) is 4.71. The van der Waals surface area contributed by atoms with Gasteiger partial charge in [-0.3, -0.25) is 4.79 Å². The van der Waals surface area contributed by atoms with Crippen molar-refractivity contribution in [1.82, 2.24) is 4.90 Å². The topological polar surface area (TPSA) is 54.5 Å². The first-order valence-electron chi connectivity index (χ1n) is 6.57. The van der Waals surface area contributed by atoms with Crippen molar-refractivity contribution in [3.63, 3.8) is 0 Å². The molecule has 110 valence electrons. The zero-order chi connectivity index (χ0) is 14.9. The average Bonchev–Trinajstić information content (AvgIpc) is 2.71. The van der Waals surface area contributed by atoms with E-state index in [9.17, 15) is 17.1 Å². The maximum Gasteiger partial charge on any atom is 0.307 e. The molecule has 0 N–H and O–H groups in total. The average molecular weight is 299 g/mol. The van der Waals surface area contributed by atoms with E-state index < -0.39 is 15.5 Å². The minimum atomic E-state index is -4.64. The molecule has 20 heavy (non-hydrogen) atoms. The highest BCUT2D eigenvalue weighted by atomic mass is 32.3. The number of likely N-dealkylation sites (tertiary alicyclic amines) is 1. The Labute approximate surface area is 118 Å². The second-order valence-electron chi connectivity index (χ2n) is 5.47. The Hall–Kier alpha value is -1.43. The van der Waals surface area contributed by atoms with Gasteiger partial charge in [0.15, 0.2) is 0 Å². The van der Waals surface area contributed by atoms with Crippen LogP contribution in [0.25, 0.3) is 0 Å². The van der Waals surface area contributed by atoms with Crippen LogP contribution >= 0.6 is 0 Å². The first-order chi connectivity index (χ1) is 9.27. The van der Waals surface area contributed by atoms with Crippen molar-refractivity contribution >= 4 is 16.1 Å². The van der Waals surface area contributed by atoms with Gasteiger partial charge in [0.25, 0.3) is 0 Å². The Balaban J connectivity index is 2.05. The molecule has 0 spiro atoms. The Morgan fingerprint density at radius 1 is 1.30 bits per heavy atom. The van der Waals surface area contributed by atoms with E-state index in [4.69, 9.17) is 0 Å². The summed E-state index contributed by atoms with van der Waals surface area (Å²) in [5.74, 6) is 0.114. The molecule has 4 nitrogen and oxygen atoms in total. The fourth-order valence-corrected chi connectivity index (χ4v) is 3.01. The molecule has 1 amide bonds. The number of halogens is 1. The van der Waals surface area contributed by atoms with Gasteiger partial charge in [0.1, 0.15) is 5.25 Å². The summed E-state index contributed by atoms with van der Waals surface area (Å²) >= 11 is 0. The number of benzene rings is 1. The van der Waals surface area contributed by atoms with Crippen LogP contribution < -0.4 is 0 Å². The van der Waals surface area contributed by atoms with Gasteiger partial charge in [0, 0.05) is 19.5 Å². The number of hydrogen-bond donors (Lipinski definition) is 0. The third-order valence-electron chi connectivity index (χ3n) is 3.60. The van der Waals surface area contributed by atoms with E-state index in [1.807, 2.05) is 24.3 Å². The van der Waals surface area contributed by atoms with Crippen molar-refractivity contribution < 1.29 is 17.1 Å². The van der Waals surface area contributed by atoms with Crippen LogP contribution in [0.4, 0.5) is 3.89 Å². The summed E-state index contributed by atoms with van der Waals surface area (Å²) in [6, 6.07) is 7.81. The van der Waals surface area contributed by atoms with Gasteiger partial charge in [0.2, 0.25) is 5.91 Å². The van der Waals surface area contributed by atoms with Crippen LogP contribution in [0.1, 0.15) is 37.3 Å². The Bertz CT molecular complexity index is 595. The number of nitrogens with zero attached hydrogens (tertiary/aromatic N) is 1. The molecule has 2 rings (SSSR count). The summed E-state index contributed by atoms with van der Waals surface area (Å²) in [6.45, 7) is 4.44. The van der Waals surface area contributed by atoms with Gasteiger partial charge >= 0.3 is 10.2 Å². The predicted molar refractivity (Wildman–Crippen MR) is 74.4 cm³/mol. The molecule has 1 heterocycles. The monoisotopic (exact) mass is 299 g/mol. The Kier molecular flexibility index (Phi) is 4.13. The molecule has 1 aromatic rings. The van der Waals surface area contributed by atoms with Crippen molar-refractivity contribution in [2.24, 2.45) is 0 Å². The van der Waals surface area contributed by atoms with Gasteiger partial charge in [-0.2, -0.15) is 8.42 Å².